The van der Waals surface area contributed by atoms with E-state index in [-0.39, 0.29) is 24.3 Å². The third-order valence-corrected chi connectivity index (χ3v) is 6.92. The number of carbonyl (C=O) groups excluding carboxylic acids is 2. The van der Waals surface area contributed by atoms with E-state index in [2.05, 4.69) is 15.6 Å². The van der Waals surface area contributed by atoms with E-state index >= 15 is 0 Å². The molecule has 5 rings (SSSR count). The van der Waals surface area contributed by atoms with Crippen molar-refractivity contribution in [1.82, 2.24) is 15.3 Å². The van der Waals surface area contributed by atoms with Crippen LogP contribution in [0, 0.1) is 13.8 Å². The van der Waals surface area contributed by atoms with E-state index < -0.39 is 0 Å². The minimum Gasteiger partial charge on any atom is -0.444 e. The van der Waals surface area contributed by atoms with Gasteiger partial charge in [-0.15, -0.1) is 0 Å². The molecule has 0 aliphatic rings. The molecule has 2 N–H and O–H groups in total. The number of benzene rings is 3. The number of aryl methyl sites for hydroxylation is 2. The summed E-state index contributed by atoms with van der Waals surface area (Å²) in [5, 5.41) is 7.09. The zero-order chi connectivity index (χ0) is 28.4. The number of pyridine rings is 1. The van der Waals surface area contributed by atoms with Gasteiger partial charge in [-0.05, 0) is 61.9 Å². The van der Waals surface area contributed by atoms with Crippen LogP contribution in [0.5, 0.6) is 0 Å². The Kier molecular flexibility index (Phi) is 7.67. The van der Waals surface area contributed by atoms with Gasteiger partial charge in [0.05, 0.1) is 29.5 Å². The van der Waals surface area contributed by atoms with E-state index in [1.807, 2.05) is 58.0 Å². The first-order valence-electron chi connectivity index (χ1n) is 13.0. The SMILES string of the molecule is Cc1cc(C)c2nc(-c3ccccc3Cl)cc(C(=O)Nc3ccc(C(=O)NCc4ncc(C(C)C)o4)cc3)c2c1. The molecule has 0 unspecified atom stereocenters. The molecule has 8 heteroatoms. The second-order valence-electron chi connectivity index (χ2n) is 10.0. The van der Waals surface area contributed by atoms with Crippen LogP contribution in [0.3, 0.4) is 0 Å². The Morgan fingerprint density at radius 3 is 2.42 bits per heavy atom. The Bertz CT molecular complexity index is 1720. The highest BCUT2D eigenvalue weighted by molar-refractivity contribution is 6.33. The number of amides is 2. The summed E-state index contributed by atoms with van der Waals surface area (Å²) >= 11 is 6.47. The van der Waals surface area contributed by atoms with Crippen LogP contribution < -0.4 is 10.6 Å². The van der Waals surface area contributed by atoms with Gasteiger partial charge in [0, 0.05) is 33.1 Å². The summed E-state index contributed by atoms with van der Waals surface area (Å²) in [7, 11) is 0. The summed E-state index contributed by atoms with van der Waals surface area (Å²) in [4.78, 5) is 35.3. The number of aromatic nitrogens is 2. The van der Waals surface area contributed by atoms with Crippen LogP contribution in [0.25, 0.3) is 22.2 Å². The van der Waals surface area contributed by atoms with Crippen molar-refractivity contribution in [3.05, 3.63) is 112 Å². The van der Waals surface area contributed by atoms with E-state index in [1.54, 1.807) is 42.6 Å². The monoisotopic (exact) mass is 552 g/mol. The lowest BCUT2D eigenvalue weighted by Crippen LogP contribution is -2.23. The summed E-state index contributed by atoms with van der Waals surface area (Å²) in [6.07, 6.45) is 1.68. The van der Waals surface area contributed by atoms with Crippen molar-refractivity contribution in [1.29, 1.82) is 0 Å². The maximum absolute atomic E-state index is 13.6. The topological polar surface area (TPSA) is 97.1 Å². The molecule has 0 aliphatic heterocycles. The second kappa shape index (κ2) is 11.3. The number of carbonyl (C=O) groups is 2. The number of nitrogens with one attached hydrogen (secondary N) is 2. The lowest BCUT2D eigenvalue weighted by molar-refractivity contribution is 0.0946. The van der Waals surface area contributed by atoms with Crippen LogP contribution >= 0.6 is 11.6 Å². The second-order valence-corrected chi connectivity index (χ2v) is 10.4. The quantitative estimate of drug-likeness (QED) is 0.218. The molecule has 2 aromatic heterocycles. The molecule has 0 radical (unpaired) electrons. The number of nitrogens with zero attached hydrogens (tertiary/aromatic N) is 2. The van der Waals surface area contributed by atoms with Crippen molar-refractivity contribution < 1.29 is 14.0 Å². The lowest BCUT2D eigenvalue weighted by atomic mass is 9.99. The van der Waals surface area contributed by atoms with Crippen LogP contribution in [0.4, 0.5) is 5.69 Å². The van der Waals surface area contributed by atoms with E-state index in [9.17, 15) is 9.59 Å². The van der Waals surface area contributed by atoms with Gasteiger partial charge in [-0.25, -0.2) is 9.97 Å². The van der Waals surface area contributed by atoms with Gasteiger partial charge in [0.25, 0.3) is 11.8 Å². The fourth-order valence-electron chi connectivity index (χ4n) is 4.51. The summed E-state index contributed by atoms with van der Waals surface area (Å²) in [6, 6.07) is 19.9. The Morgan fingerprint density at radius 2 is 1.73 bits per heavy atom. The van der Waals surface area contributed by atoms with Crippen LogP contribution in [0.1, 0.15) is 63.3 Å². The van der Waals surface area contributed by atoms with Gasteiger partial charge in [-0.1, -0.05) is 55.3 Å². The zero-order valence-corrected chi connectivity index (χ0v) is 23.5. The van der Waals surface area contributed by atoms with Crippen LogP contribution in [0.2, 0.25) is 5.02 Å². The molecule has 0 atom stereocenters. The molecule has 2 heterocycles. The molecule has 7 nitrogen and oxygen atoms in total. The number of anilines is 1. The highest BCUT2D eigenvalue weighted by Crippen LogP contribution is 2.32. The Morgan fingerprint density at radius 1 is 0.975 bits per heavy atom. The molecular formula is C32H29ClN4O3. The first-order chi connectivity index (χ1) is 19.2. The van der Waals surface area contributed by atoms with Crippen LogP contribution in [-0.2, 0) is 6.54 Å². The number of halogens is 1. The Balaban J connectivity index is 1.37. The molecule has 0 spiro atoms. The maximum Gasteiger partial charge on any atom is 0.256 e. The van der Waals surface area contributed by atoms with Crippen molar-refractivity contribution in [3.63, 3.8) is 0 Å². The number of hydrogen-bond acceptors (Lipinski definition) is 5. The van der Waals surface area contributed by atoms with Gasteiger partial charge in [0.1, 0.15) is 5.76 Å². The molecular weight excluding hydrogens is 524 g/mol. The minimum atomic E-state index is -0.284. The van der Waals surface area contributed by atoms with Gasteiger partial charge in [-0.2, -0.15) is 0 Å². The smallest absolute Gasteiger partial charge is 0.256 e. The Labute approximate surface area is 237 Å². The number of oxazole rings is 1. The highest BCUT2D eigenvalue weighted by atomic mass is 35.5. The molecule has 0 bridgehead atoms. The van der Waals surface area contributed by atoms with Crippen molar-refractivity contribution in [2.24, 2.45) is 0 Å². The van der Waals surface area contributed by atoms with E-state index in [4.69, 9.17) is 21.0 Å². The average Bonchev–Trinajstić information content (AvgIpc) is 3.42. The zero-order valence-electron chi connectivity index (χ0n) is 22.7. The van der Waals surface area contributed by atoms with Gasteiger partial charge in [0.2, 0.25) is 5.89 Å². The molecule has 40 heavy (non-hydrogen) atoms. The first kappa shape index (κ1) is 27.1. The standard InChI is InChI=1S/C32H29ClN4O3/c1-18(2)28-16-34-29(40-28)17-35-31(38)21-9-11-22(12-10-21)36-32(39)25-15-27(23-7-5-6-8-26(23)33)37-30-20(4)13-19(3)14-24(25)30/h5-16,18H,17H2,1-4H3,(H,35,38)(H,36,39). The average molecular weight is 553 g/mol. The van der Waals surface area contributed by atoms with Gasteiger partial charge in [-0.3, -0.25) is 9.59 Å². The molecule has 0 saturated heterocycles. The maximum atomic E-state index is 13.6. The van der Waals surface area contributed by atoms with Gasteiger partial charge in [0.15, 0.2) is 0 Å². The molecule has 5 aromatic rings. The van der Waals surface area contributed by atoms with Crippen molar-refractivity contribution in [3.8, 4) is 11.3 Å². The predicted octanol–water partition coefficient (Wildman–Crippen LogP) is 7.47. The fourth-order valence-corrected chi connectivity index (χ4v) is 4.74. The summed E-state index contributed by atoms with van der Waals surface area (Å²) in [5.41, 5.74) is 5.62. The highest BCUT2D eigenvalue weighted by Gasteiger charge is 2.18. The van der Waals surface area contributed by atoms with Crippen molar-refractivity contribution >= 4 is 40.0 Å². The molecule has 0 fully saturated rings. The van der Waals surface area contributed by atoms with E-state index in [1.165, 1.54) is 0 Å². The largest absolute Gasteiger partial charge is 0.444 e. The normalized spacial score (nSPS) is 11.2. The fraction of sp³-hybridized carbons (Fsp3) is 0.188. The van der Waals surface area contributed by atoms with Crippen LogP contribution in [0.15, 0.2) is 77.3 Å². The molecule has 202 valence electrons. The van der Waals surface area contributed by atoms with Gasteiger partial charge < -0.3 is 15.1 Å². The summed E-state index contributed by atoms with van der Waals surface area (Å²) < 4.78 is 5.64. The van der Waals surface area contributed by atoms with E-state index in [0.29, 0.717) is 33.4 Å². The summed E-state index contributed by atoms with van der Waals surface area (Å²) in [5.74, 6) is 0.897. The molecule has 2 amide bonds. The van der Waals surface area contributed by atoms with E-state index in [0.717, 1.165) is 33.4 Å². The van der Waals surface area contributed by atoms with Crippen LogP contribution in [-0.4, -0.2) is 21.8 Å². The Hall–Kier alpha value is -4.49. The number of fused-ring (bicyclic) bond motifs is 1. The molecule has 0 aliphatic carbocycles. The third kappa shape index (κ3) is 5.75. The number of hydrogen-bond donors (Lipinski definition) is 2. The lowest BCUT2D eigenvalue weighted by Gasteiger charge is -2.14. The summed E-state index contributed by atoms with van der Waals surface area (Å²) in [6.45, 7) is 8.19. The number of rotatable bonds is 7. The first-order valence-corrected chi connectivity index (χ1v) is 13.4. The van der Waals surface area contributed by atoms with Gasteiger partial charge >= 0.3 is 0 Å². The predicted molar refractivity (Wildman–Crippen MR) is 158 cm³/mol. The minimum absolute atomic E-state index is 0.186. The third-order valence-electron chi connectivity index (χ3n) is 6.59. The molecule has 0 saturated carbocycles. The van der Waals surface area contributed by atoms with Crippen molar-refractivity contribution in [2.45, 2.75) is 40.2 Å². The molecule has 3 aromatic carbocycles. The van der Waals surface area contributed by atoms with Crippen molar-refractivity contribution in [2.75, 3.05) is 5.32 Å².